The summed E-state index contributed by atoms with van der Waals surface area (Å²) in [4.78, 5) is 22.0. The Kier molecular flexibility index (Phi) is 5.61. The summed E-state index contributed by atoms with van der Waals surface area (Å²) in [5.41, 5.74) is 5.73. The lowest BCUT2D eigenvalue weighted by Crippen LogP contribution is -2.40. The van der Waals surface area contributed by atoms with Crippen LogP contribution >= 0.6 is 11.6 Å². The van der Waals surface area contributed by atoms with Crippen LogP contribution in [0.3, 0.4) is 0 Å². The van der Waals surface area contributed by atoms with Gasteiger partial charge in [0.25, 0.3) is 0 Å². The molecule has 0 saturated carbocycles. The lowest BCUT2D eigenvalue weighted by molar-refractivity contribution is -0.127. The van der Waals surface area contributed by atoms with Crippen LogP contribution in [-0.2, 0) is 16.0 Å². The average molecular weight is 271 g/mol. The van der Waals surface area contributed by atoms with E-state index in [4.69, 9.17) is 22.4 Å². The number of hydrogen-bond donors (Lipinski definition) is 3. The third kappa shape index (κ3) is 4.73. The highest BCUT2D eigenvalue weighted by Gasteiger charge is 2.12. The zero-order valence-electron chi connectivity index (χ0n) is 9.73. The summed E-state index contributed by atoms with van der Waals surface area (Å²) in [7, 11) is 0. The molecule has 0 aliphatic heterocycles. The molecule has 0 spiro atoms. The van der Waals surface area contributed by atoms with Crippen LogP contribution in [0.1, 0.15) is 12.0 Å². The highest BCUT2D eigenvalue weighted by molar-refractivity contribution is 6.31. The van der Waals surface area contributed by atoms with Crippen LogP contribution in [0, 0.1) is 0 Å². The van der Waals surface area contributed by atoms with Crippen LogP contribution < -0.4 is 11.1 Å². The summed E-state index contributed by atoms with van der Waals surface area (Å²) in [6, 6.07) is 7.25. The van der Waals surface area contributed by atoms with E-state index in [1.54, 1.807) is 6.07 Å². The lowest BCUT2D eigenvalue weighted by atomic mass is 10.1. The summed E-state index contributed by atoms with van der Waals surface area (Å²) < 4.78 is 0. The van der Waals surface area contributed by atoms with E-state index in [1.807, 2.05) is 18.2 Å². The maximum absolute atomic E-state index is 11.4. The molecular weight excluding hydrogens is 256 g/mol. The number of hydrogen-bond acceptors (Lipinski definition) is 3. The van der Waals surface area contributed by atoms with Gasteiger partial charge in [-0.3, -0.25) is 9.59 Å². The fourth-order valence-electron chi connectivity index (χ4n) is 1.35. The first kappa shape index (κ1) is 14.5. The highest BCUT2D eigenvalue weighted by atomic mass is 35.5. The Morgan fingerprint density at radius 3 is 2.67 bits per heavy atom. The molecule has 0 heterocycles. The van der Waals surface area contributed by atoms with E-state index < -0.39 is 12.0 Å². The Hall–Kier alpha value is -1.59. The molecular formula is C12H15ClN2O3. The number of amides is 2. The predicted octanol–water partition coefficient (Wildman–Crippen LogP) is 0.235. The molecule has 5 nitrogen and oxygen atoms in total. The maximum Gasteiger partial charge on any atom is 0.248 e. The van der Waals surface area contributed by atoms with Gasteiger partial charge in [-0.25, -0.2) is 0 Å². The Morgan fingerprint density at radius 2 is 2.06 bits per heavy atom. The number of rotatable bonds is 6. The van der Waals surface area contributed by atoms with Gasteiger partial charge in [0.05, 0.1) is 6.54 Å². The number of aliphatic hydroxyl groups is 1. The number of nitrogens with one attached hydrogen (secondary N) is 1. The molecule has 0 aromatic heterocycles. The van der Waals surface area contributed by atoms with E-state index in [0.717, 1.165) is 5.56 Å². The van der Waals surface area contributed by atoms with Crippen LogP contribution in [-0.4, -0.2) is 29.6 Å². The van der Waals surface area contributed by atoms with Crippen molar-refractivity contribution in [3.63, 3.8) is 0 Å². The van der Waals surface area contributed by atoms with Gasteiger partial charge < -0.3 is 16.2 Å². The normalized spacial score (nSPS) is 11.9. The first-order chi connectivity index (χ1) is 8.50. The molecule has 0 saturated heterocycles. The van der Waals surface area contributed by atoms with Crippen molar-refractivity contribution in [2.45, 2.75) is 18.9 Å². The Morgan fingerprint density at radius 1 is 1.39 bits per heavy atom. The summed E-state index contributed by atoms with van der Waals surface area (Å²) in [6.07, 6.45) is -0.623. The van der Waals surface area contributed by atoms with E-state index in [-0.39, 0.29) is 18.9 Å². The van der Waals surface area contributed by atoms with Crippen molar-refractivity contribution in [3.8, 4) is 0 Å². The SMILES string of the molecule is NC(=O)C(O)CNC(=O)CCc1ccccc1Cl. The topological polar surface area (TPSA) is 92.4 Å². The molecule has 6 heteroatoms. The predicted molar refractivity (Wildman–Crippen MR) is 68.0 cm³/mol. The van der Waals surface area contributed by atoms with Crippen LogP contribution in [0.2, 0.25) is 5.02 Å². The molecule has 1 atom stereocenters. The smallest absolute Gasteiger partial charge is 0.248 e. The third-order valence-corrected chi connectivity index (χ3v) is 2.77. The molecule has 0 aliphatic carbocycles. The van der Waals surface area contributed by atoms with Crippen LogP contribution in [0.15, 0.2) is 24.3 Å². The number of halogens is 1. The second kappa shape index (κ2) is 6.98. The molecule has 2 amide bonds. The van der Waals surface area contributed by atoms with E-state index in [9.17, 15) is 9.59 Å². The van der Waals surface area contributed by atoms with Crippen molar-refractivity contribution in [1.29, 1.82) is 0 Å². The summed E-state index contributed by atoms with van der Waals surface area (Å²) in [5, 5.41) is 12.1. The minimum absolute atomic E-state index is 0.170. The Labute approximate surface area is 110 Å². The molecule has 0 aliphatic rings. The number of nitrogens with two attached hydrogens (primary N) is 1. The first-order valence-electron chi connectivity index (χ1n) is 5.48. The zero-order valence-corrected chi connectivity index (χ0v) is 10.5. The van der Waals surface area contributed by atoms with Crippen LogP contribution in [0.5, 0.6) is 0 Å². The molecule has 1 aromatic rings. The van der Waals surface area contributed by atoms with Crippen LogP contribution in [0.4, 0.5) is 0 Å². The average Bonchev–Trinajstić information content (AvgIpc) is 2.34. The quantitative estimate of drug-likeness (QED) is 0.691. The maximum atomic E-state index is 11.4. The largest absolute Gasteiger partial charge is 0.381 e. The van der Waals surface area contributed by atoms with Gasteiger partial charge in [0.1, 0.15) is 6.10 Å². The molecule has 0 bridgehead atoms. The molecule has 0 radical (unpaired) electrons. The van der Waals surface area contributed by atoms with Crippen LogP contribution in [0.25, 0.3) is 0 Å². The Bertz CT molecular complexity index is 437. The summed E-state index contributed by atoms with van der Waals surface area (Å²) in [5.74, 6) is -1.13. The lowest BCUT2D eigenvalue weighted by Gasteiger charge is -2.08. The second-order valence-electron chi connectivity index (χ2n) is 3.81. The molecule has 1 unspecified atom stereocenters. The zero-order chi connectivity index (χ0) is 13.5. The number of primary amides is 1. The van der Waals surface area contributed by atoms with E-state index in [2.05, 4.69) is 5.32 Å². The third-order valence-electron chi connectivity index (χ3n) is 2.40. The monoisotopic (exact) mass is 270 g/mol. The minimum Gasteiger partial charge on any atom is -0.381 e. The van der Waals surface area contributed by atoms with Crippen molar-refractivity contribution in [2.24, 2.45) is 5.73 Å². The highest BCUT2D eigenvalue weighted by Crippen LogP contribution is 2.16. The van der Waals surface area contributed by atoms with Crippen molar-refractivity contribution in [1.82, 2.24) is 5.32 Å². The summed E-state index contributed by atoms with van der Waals surface area (Å²) >= 11 is 5.94. The van der Waals surface area contributed by atoms with Crippen molar-refractivity contribution in [2.75, 3.05) is 6.54 Å². The van der Waals surface area contributed by atoms with Gasteiger partial charge in [0.2, 0.25) is 11.8 Å². The van der Waals surface area contributed by atoms with E-state index in [0.29, 0.717) is 11.4 Å². The standard InChI is InChI=1S/C12H15ClN2O3/c13-9-4-2-1-3-8(9)5-6-11(17)15-7-10(16)12(14)18/h1-4,10,16H,5-7H2,(H2,14,18)(H,15,17). The fourth-order valence-corrected chi connectivity index (χ4v) is 1.58. The number of carbonyl (C=O) groups is 2. The van der Waals surface area contributed by atoms with E-state index in [1.165, 1.54) is 0 Å². The molecule has 1 rings (SSSR count). The molecule has 1 aromatic carbocycles. The van der Waals surface area contributed by atoms with Gasteiger partial charge in [-0.1, -0.05) is 29.8 Å². The van der Waals surface area contributed by atoms with Crippen molar-refractivity contribution >= 4 is 23.4 Å². The molecule has 98 valence electrons. The van der Waals surface area contributed by atoms with E-state index >= 15 is 0 Å². The Balaban J connectivity index is 2.34. The first-order valence-corrected chi connectivity index (χ1v) is 5.86. The van der Waals surface area contributed by atoms with Gasteiger partial charge in [-0.2, -0.15) is 0 Å². The van der Waals surface area contributed by atoms with Crippen molar-refractivity contribution < 1.29 is 14.7 Å². The van der Waals surface area contributed by atoms with Crippen molar-refractivity contribution in [3.05, 3.63) is 34.9 Å². The van der Waals surface area contributed by atoms with Gasteiger partial charge in [0.15, 0.2) is 0 Å². The number of carbonyl (C=O) groups excluding carboxylic acids is 2. The second-order valence-corrected chi connectivity index (χ2v) is 4.22. The number of aryl methyl sites for hydroxylation is 1. The van der Waals surface area contributed by atoms with Gasteiger partial charge >= 0.3 is 0 Å². The number of benzene rings is 1. The van der Waals surface area contributed by atoms with Gasteiger partial charge in [-0.15, -0.1) is 0 Å². The molecule has 0 fully saturated rings. The number of aliphatic hydroxyl groups excluding tert-OH is 1. The van der Waals surface area contributed by atoms with Gasteiger partial charge in [-0.05, 0) is 18.1 Å². The molecule has 4 N–H and O–H groups in total. The summed E-state index contributed by atoms with van der Waals surface area (Å²) in [6.45, 7) is -0.170. The minimum atomic E-state index is -1.35. The van der Waals surface area contributed by atoms with Gasteiger partial charge in [0, 0.05) is 11.4 Å². The fraction of sp³-hybridized carbons (Fsp3) is 0.333. The molecule has 18 heavy (non-hydrogen) atoms.